The fraction of sp³-hybridized carbons (Fsp3) is 0.647. The Hall–Kier alpha value is -1.13. The maximum atomic E-state index is 2.52. The molecule has 35 heavy (non-hydrogen) atoms. The molecule has 196 valence electrons. The SMILES string of the molecule is CCP(Cc1c(C)cc(C(C)(C)C)cc1C(C)(C)C)Cc1c(C)cc(C(C)(C)C)cc1C(C)(C)C. The van der Waals surface area contributed by atoms with Gasteiger partial charge < -0.3 is 0 Å². The highest BCUT2D eigenvalue weighted by atomic mass is 31.1. The third-order valence-electron chi connectivity index (χ3n) is 7.50. The predicted octanol–water partition coefficient (Wildman–Crippen LogP) is 10.7. The topological polar surface area (TPSA) is 0 Å². The Morgan fingerprint density at radius 1 is 0.514 bits per heavy atom. The van der Waals surface area contributed by atoms with E-state index in [1.54, 1.807) is 22.3 Å². The van der Waals surface area contributed by atoms with Crippen LogP contribution in [0.1, 0.15) is 135 Å². The molecule has 0 saturated heterocycles. The maximum Gasteiger partial charge on any atom is -0.00646 e. The van der Waals surface area contributed by atoms with Gasteiger partial charge in [0.15, 0.2) is 0 Å². The molecule has 0 aliphatic rings. The fourth-order valence-electron chi connectivity index (χ4n) is 4.98. The molecular weight excluding hydrogens is 439 g/mol. The highest BCUT2D eigenvalue weighted by Gasteiger charge is 2.28. The number of benzene rings is 2. The number of rotatable bonds is 5. The van der Waals surface area contributed by atoms with Crippen LogP contribution in [0.2, 0.25) is 0 Å². The molecule has 0 radical (unpaired) electrons. The van der Waals surface area contributed by atoms with Crippen molar-refractivity contribution in [1.29, 1.82) is 0 Å². The Balaban J connectivity index is 2.58. The normalized spacial score (nSPS) is 13.6. The van der Waals surface area contributed by atoms with Crippen LogP contribution in [0, 0.1) is 13.8 Å². The van der Waals surface area contributed by atoms with Crippen LogP contribution in [-0.4, -0.2) is 6.16 Å². The van der Waals surface area contributed by atoms with Gasteiger partial charge in [-0.3, -0.25) is 0 Å². The second kappa shape index (κ2) is 10.3. The lowest BCUT2D eigenvalue weighted by atomic mass is 9.77. The summed E-state index contributed by atoms with van der Waals surface area (Å²) in [5, 5.41) is 0. The summed E-state index contributed by atoms with van der Waals surface area (Å²) in [4.78, 5) is 0. The van der Waals surface area contributed by atoms with E-state index in [0.29, 0.717) is 0 Å². The molecular formula is C34H55P. The molecule has 0 unspecified atom stereocenters. The average Bonchev–Trinajstić information content (AvgIpc) is 2.66. The van der Waals surface area contributed by atoms with Gasteiger partial charge in [-0.1, -0.05) is 122 Å². The zero-order valence-electron chi connectivity index (χ0n) is 25.9. The first-order valence-corrected chi connectivity index (χ1v) is 15.6. The van der Waals surface area contributed by atoms with E-state index in [4.69, 9.17) is 0 Å². The second-order valence-electron chi connectivity index (χ2n) is 14.9. The molecule has 2 aromatic carbocycles. The van der Waals surface area contributed by atoms with E-state index in [9.17, 15) is 0 Å². The molecule has 0 amide bonds. The van der Waals surface area contributed by atoms with Gasteiger partial charge in [0.05, 0.1) is 0 Å². The van der Waals surface area contributed by atoms with Crippen LogP contribution in [0.25, 0.3) is 0 Å². The standard InChI is InChI=1S/C34H55P/c1-16-35(21-27-23(2)17-25(31(4,5)6)19-29(27)33(10,11)12)22-28-24(3)18-26(32(7,8)9)20-30(28)34(13,14)15/h17-20H,16,21-22H2,1-15H3. The van der Waals surface area contributed by atoms with Crippen molar-refractivity contribution in [1.82, 2.24) is 0 Å². The summed E-state index contributed by atoms with van der Waals surface area (Å²) in [6, 6.07) is 9.99. The van der Waals surface area contributed by atoms with Gasteiger partial charge in [0.1, 0.15) is 0 Å². The van der Waals surface area contributed by atoms with Gasteiger partial charge in [-0.25, -0.2) is 0 Å². The summed E-state index contributed by atoms with van der Waals surface area (Å²) >= 11 is 0. The van der Waals surface area contributed by atoms with Crippen molar-refractivity contribution >= 4 is 7.92 Å². The zero-order chi connectivity index (χ0) is 27.1. The van der Waals surface area contributed by atoms with E-state index in [1.807, 2.05) is 0 Å². The minimum absolute atomic E-state index is 0.146. The number of hydrogen-bond acceptors (Lipinski definition) is 0. The van der Waals surface area contributed by atoms with Gasteiger partial charge in [-0.15, -0.1) is 0 Å². The molecule has 0 saturated carbocycles. The smallest absolute Gasteiger partial charge is 0.00646 e. The lowest BCUT2D eigenvalue weighted by molar-refractivity contribution is 0.564. The largest absolute Gasteiger partial charge is 0.0980 e. The van der Waals surface area contributed by atoms with Crippen molar-refractivity contribution in [3.05, 3.63) is 68.8 Å². The minimum atomic E-state index is -0.146. The molecule has 0 aliphatic carbocycles. The average molecular weight is 495 g/mol. The van der Waals surface area contributed by atoms with Gasteiger partial charge in [0.25, 0.3) is 0 Å². The highest BCUT2D eigenvalue weighted by molar-refractivity contribution is 7.56. The summed E-state index contributed by atoms with van der Waals surface area (Å²) in [6.07, 6.45) is 3.71. The van der Waals surface area contributed by atoms with Gasteiger partial charge in [0.2, 0.25) is 0 Å². The Bertz CT molecular complexity index is 943. The summed E-state index contributed by atoms with van der Waals surface area (Å²) in [5.41, 5.74) is 12.9. The highest BCUT2D eigenvalue weighted by Crippen LogP contribution is 2.49. The Labute approximate surface area is 220 Å². The monoisotopic (exact) mass is 494 g/mol. The summed E-state index contributed by atoms with van der Waals surface area (Å²) in [5.74, 6) is 0. The molecule has 2 rings (SSSR count). The quantitative estimate of drug-likeness (QED) is 0.363. The molecule has 1 heteroatoms. The van der Waals surface area contributed by atoms with Crippen molar-refractivity contribution < 1.29 is 0 Å². The van der Waals surface area contributed by atoms with Gasteiger partial charge in [0, 0.05) is 0 Å². The molecule has 0 spiro atoms. The summed E-state index contributed by atoms with van der Waals surface area (Å²) in [6.45, 7) is 35.5. The first-order valence-electron chi connectivity index (χ1n) is 13.7. The van der Waals surface area contributed by atoms with E-state index < -0.39 is 0 Å². The molecule has 0 bridgehead atoms. The van der Waals surface area contributed by atoms with Crippen LogP contribution in [0.15, 0.2) is 24.3 Å². The molecule has 0 aliphatic heterocycles. The Morgan fingerprint density at radius 3 is 1.06 bits per heavy atom. The maximum absolute atomic E-state index is 2.52. The number of hydrogen-bond donors (Lipinski definition) is 0. The lowest BCUT2D eigenvalue weighted by Crippen LogP contribution is -2.20. The molecule has 0 nitrogen and oxygen atoms in total. The molecule has 0 heterocycles. The fourth-order valence-corrected chi connectivity index (χ4v) is 7.28. The van der Waals surface area contributed by atoms with E-state index in [1.165, 1.54) is 40.7 Å². The van der Waals surface area contributed by atoms with Gasteiger partial charge >= 0.3 is 0 Å². The van der Waals surface area contributed by atoms with Crippen LogP contribution in [0.3, 0.4) is 0 Å². The van der Waals surface area contributed by atoms with Crippen LogP contribution < -0.4 is 0 Å². The summed E-state index contributed by atoms with van der Waals surface area (Å²) < 4.78 is 0. The van der Waals surface area contributed by atoms with Crippen LogP contribution >= 0.6 is 7.92 Å². The molecule has 2 aromatic rings. The van der Waals surface area contributed by atoms with Crippen molar-refractivity contribution in [2.45, 2.75) is 138 Å². The third kappa shape index (κ3) is 7.44. The molecule has 0 fully saturated rings. The molecule has 0 aromatic heterocycles. The van der Waals surface area contributed by atoms with Gasteiger partial charge in [-0.2, -0.15) is 0 Å². The lowest BCUT2D eigenvalue weighted by Gasteiger charge is -2.32. The van der Waals surface area contributed by atoms with Crippen LogP contribution in [0.5, 0.6) is 0 Å². The molecule has 0 N–H and O–H groups in total. The third-order valence-corrected chi connectivity index (χ3v) is 9.93. The van der Waals surface area contributed by atoms with Crippen molar-refractivity contribution in [2.24, 2.45) is 0 Å². The van der Waals surface area contributed by atoms with E-state index in [-0.39, 0.29) is 29.6 Å². The minimum Gasteiger partial charge on any atom is -0.0980 e. The van der Waals surface area contributed by atoms with Crippen molar-refractivity contribution in [3.8, 4) is 0 Å². The van der Waals surface area contributed by atoms with Crippen LogP contribution in [-0.2, 0) is 34.0 Å². The first-order chi connectivity index (χ1) is 15.7. The van der Waals surface area contributed by atoms with Crippen molar-refractivity contribution in [3.63, 3.8) is 0 Å². The Morgan fingerprint density at radius 2 is 0.829 bits per heavy atom. The Kier molecular flexibility index (Phi) is 8.88. The zero-order valence-corrected chi connectivity index (χ0v) is 26.8. The summed E-state index contributed by atoms with van der Waals surface area (Å²) in [7, 11) is -0.146. The van der Waals surface area contributed by atoms with Crippen molar-refractivity contribution in [2.75, 3.05) is 6.16 Å². The molecule has 0 atom stereocenters. The first kappa shape index (κ1) is 30.1. The number of aryl methyl sites for hydroxylation is 2. The van der Waals surface area contributed by atoms with Crippen LogP contribution in [0.4, 0.5) is 0 Å². The second-order valence-corrected chi connectivity index (χ2v) is 17.5. The van der Waals surface area contributed by atoms with E-state index in [2.05, 4.69) is 128 Å². The van der Waals surface area contributed by atoms with E-state index in [0.717, 1.165) is 0 Å². The van der Waals surface area contributed by atoms with E-state index >= 15 is 0 Å². The van der Waals surface area contributed by atoms with Gasteiger partial charge in [-0.05, 0) is 98.5 Å². The predicted molar refractivity (Wildman–Crippen MR) is 162 cm³/mol.